The molecular formula is C14H21N3O2. The Kier molecular flexibility index (Phi) is 5.01. The molecule has 1 aromatic heterocycles. The molecule has 19 heavy (non-hydrogen) atoms. The highest BCUT2D eigenvalue weighted by Gasteiger charge is 2.13. The molecule has 104 valence electrons. The molecule has 5 heteroatoms. The summed E-state index contributed by atoms with van der Waals surface area (Å²) in [6.45, 7) is 2.12. The molecule has 2 N–H and O–H groups in total. The van der Waals surface area contributed by atoms with Gasteiger partial charge in [0.2, 0.25) is 0 Å². The van der Waals surface area contributed by atoms with Gasteiger partial charge in [-0.15, -0.1) is 0 Å². The molecular weight excluding hydrogens is 242 g/mol. The van der Waals surface area contributed by atoms with Gasteiger partial charge >= 0.3 is 6.09 Å². The lowest BCUT2D eigenvalue weighted by Gasteiger charge is -2.23. The van der Waals surface area contributed by atoms with Crippen molar-refractivity contribution in [2.75, 3.05) is 17.2 Å². The fourth-order valence-electron chi connectivity index (χ4n) is 2.31. The van der Waals surface area contributed by atoms with Crippen LogP contribution in [0.3, 0.4) is 0 Å². The molecule has 1 amide bonds. The highest BCUT2D eigenvalue weighted by atomic mass is 16.5. The fourth-order valence-corrected chi connectivity index (χ4v) is 2.31. The molecule has 0 atom stereocenters. The summed E-state index contributed by atoms with van der Waals surface area (Å²) in [5, 5.41) is 6.05. The highest BCUT2D eigenvalue weighted by Crippen LogP contribution is 2.21. The number of carbonyl (C=O) groups excluding carboxylic acids is 1. The first-order valence-corrected chi connectivity index (χ1v) is 6.94. The zero-order chi connectivity index (χ0) is 13.5. The van der Waals surface area contributed by atoms with Crippen LogP contribution >= 0.6 is 0 Å². The predicted molar refractivity (Wildman–Crippen MR) is 75.4 cm³/mol. The van der Waals surface area contributed by atoms with Crippen molar-refractivity contribution in [2.24, 2.45) is 0 Å². The molecule has 0 aromatic carbocycles. The van der Waals surface area contributed by atoms with Gasteiger partial charge in [-0.05, 0) is 31.9 Å². The van der Waals surface area contributed by atoms with E-state index in [-0.39, 0.29) is 0 Å². The molecule has 0 bridgehead atoms. The summed E-state index contributed by atoms with van der Waals surface area (Å²) in [6, 6.07) is 4.27. The SMILES string of the molecule is CCOC(=O)Nc1ccc(NC2CCCCC2)cn1. The van der Waals surface area contributed by atoms with Crippen LogP contribution in [0.2, 0.25) is 0 Å². The molecule has 1 saturated carbocycles. The molecule has 1 aromatic rings. The third kappa shape index (κ3) is 4.43. The lowest BCUT2D eigenvalue weighted by Crippen LogP contribution is -2.22. The molecule has 0 aliphatic heterocycles. The molecule has 0 spiro atoms. The summed E-state index contributed by atoms with van der Waals surface area (Å²) in [5.74, 6) is 0.507. The van der Waals surface area contributed by atoms with Crippen LogP contribution < -0.4 is 10.6 Å². The Hall–Kier alpha value is -1.78. The average molecular weight is 263 g/mol. The minimum Gasteiger partial charge on any atom is -0.450 e. The number of amides is 1. The van der Waals surface area contributed by atoms with Crippen molar-refractivity contribution in [3.8, 4) is 0 Å². The minimum absolute atomic E-state index is 0.354. The minimum atomic E-state index is -0.469. The van der Waals surface area contributed by atoms with Crippen molar-refractivity contribution in [3.05, 3.63) is 18.3 Å². The first-order valence-electron chi connectivity index (χ1n) is 6.94. The van der Waals surface area contributed by atoms with Crippen LogP contribution in [0.4, 0.5) is 16.3 Å². The Labute approximate surface area is 113 Å². The van der Waals surface area contributed by atoms with Crippen LogP contribution in [-0.4, -0.2) is 23.7 Å². The van der Waals surface area contributed by atoms with Crippen molar-refractivity contribution in [2.45, 2.75) is 45.1 Å². The molecule has 5 nitrogen and oxygen atoms in total. The third-order valence-corrected chi connectivity index (χ3v) is 3.25. The summed E-state index contributed by atoms with van der Waals surface area (Å²) in [4.78, 5) is 15.4. The lowest BCUT2D eigenvalue weighted by molar-refractivity contribution is 0.168. The summed E-state index contributed by atoms with van der Waals surface area (Å²) in [7, 11) is 0. The molecule has 2 rings (SSSR count). The van der Waals surface area contributed by atoms with E-state index in [4.69, 9.17) is 4.74 Å². The highest BCUT2D eigenvalue weighted by molar-refractivity contribution is 5.83. The maximum absolute atomic E-state index is 11.2. The van der Waals surface area contributed by atoms with E-state index in [9.17, 15) is 4.79 Å². The summed E-state index contributed by atoms with van der Waals surface area (Å²) in [6.07, 6.45) is 7.67. The van der Waals surface area contributed by atoms with Gasteiger partial charge in [-0.3, -0.25) is 5.32 Å². The molecule has 0 radical (unpaired) electrons. The molecule has 1 heterocycles. The number of aromatic nitrogens is 1. The quantitative estimate of drug-likeness (QED) is 0.874. The molecule has 0 unspecified atom stereocenters. The monoisotopic (exact) mass is 263 g/mol. The average Bonchev–Trinajstić information content (AvgIpc) is 2.42. The molecule has 0 saturated heterocycles. The molecule has 1 aliphatic rings. The number of ether oxygens (including phenoxy) is 1. The van der Waals surface area contributed by atoms with Gasteiger partial charge in [-0.2, -0.15) is 0 Å². The first-order chi connectivity index (χ1) is 9.28. The number of hydrogen-bond acceptors (Lipinski definition) is 4. The number of nitrogens with zero attached hydrogens (tertiary/aromatic N) is 1. The smallest absolute Gasteiger partial charge is 0.412 e. The molecule has 1 aliphatic carbocycles. The van der Waals surface area contributed by atoms with E-state index in [2.05, 4.69) is 15.6 Å². The number of nitrogens with one attached hydrogen (secondary N) is 2. The van der Waals surface area contributed by atoms with E-state index in [1.54, 1.807) is 19.2 Å². The van der Waals surface area contributed by atoms with Gasteiger partial charge in [0.15, 0.2) is 0 Å². The van der Waals surface area contributed by atoms with E-state index in [0.717, 1.165) is 5.69 Å². The van der Waals surface area contributed by atoms with Crippen molar-refractivity contribution in [3.63, 3.8) is 0 Å². The van der Waals surface area contributed by atoms with Crippen LogP contribution in [0.25, 0.3) is 0 Å². The maximum Gasteiger partial charge on any atom is 0.412 e. The van der Waals surface area contributed by atoms with Crippen molar-refractivity contribution in [1.29, 1.82) is 0 Å². The summed E-state index contributed by atoms with van der Waals surface area (Å²) < 4.78 is 4.79. The van der Waals surface area contributed by atoms with Crippen LogP contribution in [0, 0.1) is 0 Å². The van der Waals surface area contributed by atoms with Gasteiger partial charge in [0.1, 0.15) is 5.82 Å². The molecule has 1 fully saturated rings. The van der Waals surface area contributed by atoms with Gasteiger partial charge in [0, 0.05) is 6.04 Å². The van der Waals surface area contributed by atoms with Crippen molar-refractivity contribution in [1.82, 2.24) is 4.98 Å². The van der Waals surface area contributed by atoms with Gasteiger partial charge in [-0.1, -0.05) is 19.3 Å². The fraction of sp³-hybridized carbons (Fsp3) is 0.571. The number of rotatable bonds is 4. The van der Waals surface area contributed by atoms with Crippen LogP contribution in [0.5, 0.6) is 0 Å². The number of carbonyl (C=O) groups is 1. The van der Waals surface area contributed by atoms with E-state index in [1.165, 1.54) is 32.1 Å². The van der Waals surface area contributed by atoms with E-state index >= 15 is 0 Å². The zero-order valence-corrected chi connectivity index (χ0v) is 11.3. The Morgan fingerprint density at radius 3 is 2.79 bits per heavy atom. The number of anilines is 2. The second kappa shape index (κ2) is 6.97. The number of hydrogen-bond donors (Lipinski definition) is 2. The van der Waals surface area contributed by atoms with Crippen molar-refractivity contribution < 1.29 is 9.53 Å². The second-order valence-electron chi connectivity index (χ2n) is 4.76. The third-order valence-electron chi connectivity index (χ3n) is 3.25. The van der Waals surface area contributed by atoms with Gasteiger partial charge < -0.3 is 10.1 Å². The topological polar surface area (TPSA) is 63.2 Å². The zero-order valence-electron chi connectivity index (χ0n) is 11.3. The van der Waals surface area contributed by atoms with Gasteiger partial charge in [0.05, 0.1) is 18.5 Å². The van der Waals surface area contributed by atoms with Crippen molar-refractivity contribution >= 4 is 17.6 Å². The van der Waals surface area contributed by atoms with E-state index < -0.39 is 6.09 Å². The lowest BCUT2D eigenvalue weighted by atomic mass is 9.95. The van der Waals surface area contributed by atoms with Gasteiger partial charge in [-0.25, -0.2) is 9.78 Å². The first kappa shape index (κ1) is 13.6. The summed E-state index contributed by atoms with van der Waals surface area (Å²) >= 11 is 0. The number of pyridine rings is 1. The standard InChI is InChI=1S/C14H21N3O2/c1-2-19-14(18)17-13-9-8-12(10-15-13)16-11-6-4-3-5-7-11/h8-11,16H,2-7H2,1H3,(H,15,17,18). The Morgan fingerprint density at radius 1 is 1.37 bits per heavy atom. The summed E-state index contributed by atoms with van der Waals surface area (Å²) in [5.41, 5.74) is 1.00. The van der Waals surface area contributed by atoms with E-state index in [1.807, 2.05) is 6.07 Å². The van der Waals surface area contributed by atoms with Crippen LogP contribution in [0.1, 0.15) is 39.0 Å². The van der Waals surface area contributed by atoms with Crippen LogP contribution in [-0.2, 0) is 4.74 Å². The van der Waals surface area contributed by atoms with Crippen LogP contribution in [0.15, 0.2) is 18.3 Å². The Bertz CT molecular complexity index is 400. The normalized spacial score (nSPS) is 15.8. The largest absolute Gasteiger partial charge is 0.450 e. The van der Waals surface area contributed by atoms with Gasteiger partial charge in [0.25, 0.3) is 0 Å². The Balaban J connectivity index is 1.85. The predicted octanol–water partition coefficient (Wildman–Crippen LogP) is 3.39. The van der Waals surface area contributed by atoms with E-state index in [0.29, 0.717) is 18.5 Å². The second-order valence-corrected chi connectivity index (χ2v) is 4.76. The Morgan fingerprint density at radius 2 is 2.16 bits per heavy atom. The maximum atomic E-state index is 11.2.